The number of rotatable bonds is 5. The summed E-state index contributed by atoms with van der Waals surface area (Å²) in [6.07, 6.45) is 0.483. The van der Waals surface area contributed by atoms with Crippen LogP contribution in [0.5, 0.6) is 0 Å². The maximum atomic E-state index is 11.3. The van der Waals surface area contributed by atoms with Crippen molar-refractivity contribution >= 4 is 17.7 Å². The first-order valence-corrected chi connectivity index (χ1v) is 6.15. The number of aromatic nitrogens is 2. The van der Waals surface area contributed by atoms with Crippen LogP contribution in [-0.4, -0.2) is 40.9 Å². The van der Waals surface area contributed by atoms with Gasteiger partial charge in [0.25, 0.3) is 5.22 Å². The van der Waals surface area contributed by atoms with Gasteiger partial charge in [-0.3, -0.25) is 4.79 Å². The van der Waals surface area contributed by atoms with Gasteiger partial charge in [-0.2, -0.15) is 0 Å². The first-order valence-electron chi connectivity index (χ1n) is 5.17. The normalized spacial score (nSPS) is 10.8. The zero-order valence-electron chi connectivity index (χ0n) is 10.1. The SMILES string of the molecule is CC(C)c1nnc(SCCC(=O)N(C)C)o1. The van der Waals surface area contributed by atoms with Crippen molar-refractivity contribution in [2.24, 2.45) is 0 Å². The highest BCUT2D eigenvalue weighted by atomic mass is 32.2. The van der Waals surface area contributed by atoms with Gasteiger partial charge in [-0.05, 0) is 0 Å². The van der Waals surface area contributed by atoms with E-state index in [0.717, 1.165) is 0 Å². The van der Waals surface area contributed by atoms with Crippen molar-refractivity contribution in [1.29, 1.82) is 0 Å². The van der Waals surface area contributed by atoms with Gasteiger partial charge in [0.15, 0.2) is 0 Å². The summed E-state index contributed by atoms with van der Waals surface area (Å²) >= 11 is 1.42. The molecule has 0 bridgehead atoms. The number of carbonyl (C=O) groups excluding carboxylic acids is 1. The van der Waals surface area contributed by atoms with Crippen LogP contribution in [0.25, 0.3) is 0 Å². The molecule has 0 unspecified atom stereocenters. The molecule has 0 radical (unpaired) electrons. The Morgan fingerprint density at radius 1 is 1.44 bits per heavy atom. The first kappa shape index (κ1) is 13.0. The molecule has 1 aromatic rings. The Balaban J connectivity index is 2.35. The van der Waals surface area contributed by atoms with Crippen LogP contribution in [0.4, 0.5) is 0 Å². The van der Waals surface area contributed by atoms with Crippen LogP contribution in [0.2, 0.25) is 0 Å². The molecule has 1 amide bonds. The Hall–Kier alpha value is -1.04. The Labute approximate surface area is 99.6 Å². The molecular formula is C10H17N3O2S. The quantitative estimate of drug-likeness (QED) is 0.737. The Bertz CT molecular complexity index is 350. The largest absolute Gasteiger partial charge is 0.416 e. The van der Waals surface area contributed by atoms with Crippen LogP contribution in [0.15, 0.2) is 9.64 Å². The van der Waals surface area contributed by atoms with Crippen LogP contribution >= 0.6 is 11.8 Å². The molecule has 0 atom stereocenters. The van der Waals surface area contributed by atoms with E-state index in [1.54, 1.807) is 19.0 Å². The van der Waals surface area contributed by atoms with E-state index in [0.29, 0.717) is 23.3 Å². The smallest absolute Gasteiger partial charge is 0.276 e. The molecule has 0 saturated carbocycles. The molecule has 0 N–H and O–H groups in total. The number of hydrogen-bond acceptors (Lipinski definition) is 5. The molecule has 0 aliphatic rings. The molecule has 90 valence electrons. The predicted octanol–water partition coefficient (Wildman–Crippen LogP) is 1.76. The van der Waals surface area contributed by atoms with Gasteiger partial charge in [0.1, 0.15) is 0 Å². The number of carbonyl (C=O) groups is 1. The van der Waals surface area contributed by atoms with E-state index >= 15 is 0 Å². The minimum atomic E-state index is 0.107. The van der Waals surface area contributed by atoms with E-state index in [1.165, 1.54) is 11.8 Å². The summed E-state index contributed by atoms with van der Waals surface area (Å²) in [5, 5.41) is 8.35. The van der Waals surface area contributed by atoms with E-state index in [2.05, 4.69) is 10.2 Å². The van der Waals surface area contributed by atoms with Gasteiger partial charge in [0.2, 0.25) is 11.8 Å². The van der Waals surface area contributed by atoms with Crippen LogP contribution < -0.4 is 0 Å². The van der Waals surface area contributed by atoms with Gasteiger partial charge in [-0.15, -0.1) is 10.2 Å². The molecular weight excluding hydrogens is 226 g/mol. The standard InChI is InChI=1S/C10H17N3O2S/c1-7(2)9-11-12-10(15-9)16-6-5-8(14)13(3)4/h7H,5-6H2,1-4H3. The third-order valence-corrected chi connectivity index (χ3v) is 2.78. The average Bonchev–Trinajstić information content (AvgIpc) is 2.66. The highest BCUT2D eigenvalue weighted by molar-refractivity contribution is 7.99. The molecule has 1 rings (SSSR count). The molecule has 1 heterocycles. The molecule has 6 heteroatoms. The van der Waals surface area contributed by atoms with E-state index in [4.69, 9.17) is 4.42 Å². The zero-order valence-corrected chi connectivity index (χ0v) is 10.9. The lowest BCUT2D eigenvalue weighted by Crippen LogP contribution is -2.21. The van der Waals surface area contributed by atoms with Gasteiger partial charge >= 0.3 is 0 Å². The third-order valence-electron chi connectivity index (χ3n) is 1.96. The van der Waals surface area contributed by atoms with Gasteiger partial charge in [0, 0.05) is 32.2 Å². The van der Waals surface area contributed by atoms with Crippen molar-refractivity contribution in [3.8, 4) is 0 Å². The topological polar surface area (TPSA) is 59.2 Å². The van der Waals surface area contributed by atoms with Crippen molar-refractivity contribution in [3.05, 3.63) is 5.89 Å². The van der Waals surface area contributed by atoms with Gasteiger partial charge < -0.3 is 9.32 Å². The van der Waals surface area contributed by atoms with E-state index < -0.39 is 0 Å². The fourth-order valence-corrected chi connectivity index (χ4v) is 1.66. The van der Waals surface area contributed by atoms with Gasteiger partial charge in [-0.1, -0.05) is 25.6 Å². The van der Waals surface area contributed by atoms with Crippen LogP contribution in [0.3, 0.4) is 0 Å². The third kappa shape index (κ3) is 3.84. The number of amides is 1. The van der Waals surface area contributed by atoms with Crippen LogP contribution in [0.1, 0.15) is 32.1 Å². The molecule has 5 nitrogen and oxygen atoms in total. The highest BCUT2D eigenvalue weighted by Crippen LogP contribution is 2.20. The van der Waals surface area contributed by atoms with Gasteiger partial charge in [-0.25, -0.2) is 0 Å². The number of thioether (sulfide) groups is 1. The summed E-state index contributed by atoms with van der Waals surface area (Å²) in [7, 11) is 3.49. The van der Waals surface area contributed by atoms with Crippen LogP contribution in [0, 0.1) is 0 Å². The minimum absolute atomic E-state index is 0.107. The second-order valence-electron chi connectivity index (χ2n) is 3.95. The van der Waals surface area contributed by atoms with Crippen molar-refractivity contribution in [2.75, 3.05) is 19.8 Å². The summed E-state index contributed by atoms with van der Waals surface area (Å²) in [6, 6.07) is 0. The van der Waals surface area contributed by atoms with E-state index in [9.17, 15) is 4.79 Å². The lowest BCUT2D eigenvalue weighted by Gasteiger charge is -2.08. The zero-order chi connectivity index (χ0) is 12.1. The molecule has 0 aromatic carbocycles. The lowest BCUT2D eigenvalue weighted by molar-refractivity contribution is -0.128. The first-order chi connectivity index (χ1) is 7.50. The second kappa shape index (κ2) is 5.89. The monoisotopic (exact) mass is 243 g/mol. The summed E-state index contributed by atoms with van der Waals surface area (Å²) in [4.78, 5) is 12.9. The fourth-order valence-electron chi connectivity index (χ4n) is 0.961. The fraction of sp³-hybridized carbons (Fsp3) is 0.700. The molecule has 1 aromatic heterocycles. The summed E-state index contributed by atoms with van der Waals surface area (Å²) in [6.45, 7) is 4.00. The van der Waals surface area contributed by atoms with E-state index in [1.807, 2.05) is 13.8 Å². The summed E-state index contributed by atoms with van der Waals surface area (Å²) in [5.41, 5.74) is 0. The molecule has 0 spiro atoms. The molecule has 0 aliphatic carbocycles. The Morgan fingerprint density at radius 3 is 2.62 bits per heavy atom. The van der Waals surface area contributed by atoms with Gasteiger partial charge in [0.05, 0.1) is 0 Å². The Morgan fingerprint density at radius 2 is 2.12 bits per heavy atom. The van der Waals surface area contributed by atoms with Crippen molar-refractivity contribution in [2.45, 2.75) is 31.4 Å². The average molecular weight is 243 g/mol. The minimum Gasteiger partial charge on any atom is -0.416 e. The van der Waals surface area contributed by atoms with Crippen molar-refractivity contribution < 1.29 is 9.21 Å². The summed E-state index contributed by atoms with van der Waals surface area (Å²) < 4.78 is 5.40. The van der Waals surface area contributed by atoms with Crippen molar-refractivity contribution in [1.82, 2.24) is 15.1 Å². The maximum Gasteiger partial charge on any atom is 0.276 e. The number of hydrogen-bond donors (Lipinski definition) is 0. The van der Waals surface area contributed by atoms with Crippen molar-refractivity contribution in [3.63, 3.8) is 0 Å². The summed E-state index contributed by atoms with van der Waals surface area (Å²) in [5.74, 6) is 1.65. The molecule has 16 heavy (non-hydrogen) atoms. The second-order valence-corrected chi connectivity index (χ2v) is 4.99. The maximum absolute atomic E-state index is 11.3. The lowest BCUT2D eigenvalue weighted by atomic mass is 10.2. The number of nitrogens with zero attached hydrogens (tertiary/aromatic N) is 3. The molecule has 0 saturated heterocycles. The highest BCUT2D eigenvalue weighted by Gasteiger charge is 2.11. The molecule has 0 aliphatic heterocycles. The Kier molecular flexibility index (Phi) is 4.79. The molecule has 0 fully saturated rings. The van der Waals surface area contributed by atoms with Crippen LogP contribution in [-0.2, 0) is 4.79 Å². The predicted molar refractivity (Wildman–Crippen MR) is 62.4 cm³/mol. The van der Waals surface area contributed by atoms with E-state index in [-0.39, 0.29) is 11.8 Å².